The van der Waals surface area contributed by atoms with Crippen molar-refractivity contribution in [2.24, 2.45) is 18.7 Å². The van der Waals surface area contributed by atoms with Crippen LogP contribution in [0, 0.1) is 5.92 Å². The molecule has 0 aliphatic carbocycles. The summed E-state index contributed by atoms with van der Waals surface area (Å²) < 4.78 is 1.57. The third-order valence-corrected chi connectivity index (χ3v) is 3.07. The second-order valence-corrected chi connectivity index (χ2v) is 5.43. The van der Waals surface area contributed by atoms with Gasteiger partial charge in [-0.2, -0.15) is 0 Å². The number of tetrazole rings is 1. The van der Waals surface area contributed by atoms with Crippen LogP contribution in [0.25, 0.3) is 11.4 Å². The summed E-state index contributed by atoms with van der Waals surface area (Å²) in [6.45, 7) is 4.07. The molecule has 21 heavy (non-hydrogen) atoms. The summed E-state index contributed by atoms with van der Waals surface area (Å²) >= 11 is 0. The van der Waals surface area contributed by atoms with Crippen LogP contribution in [0.1, 0.15) is 20.3 Å². The maximum absolute atomic E-state index is 12.0. The third-order valence-electron chi connectivity index (χ3n) is 3.07. The van der Waals surface area contributed by atoms with E-state index in [-0.39, 0.29) is 5.91 Å². The van der Waals surface area contributed by atoms with Gasteiger partial charge in [0.25, 0.3) is 0 Å². The lowest BCUT2D eigenvalue weighted by atomic mass is 10.0. The number of hydrogen-bond donors (Lipinski definition) is 2. The Bertz CT molecular complexity index is 621. The number of nitrogens with zero attached hydrogens (tertiary/aromatic N) is 4. The molecule has 7 heteroatoms. The highest BCUT2D eigenvalue weighted by molar-refractivity contribution is 5.95. The van der Waals surface area contributed by atoms with Gasteiger partial charge in [0.1, 0.15) is 0 Å². The Morgan fingerprint density at radius 2 is 2.19 bits per heavy atom. The van der Waals surface area contributed by atoms with E-state index >= 15 is 0 Å². The molecule has 0 aliphatic heterocycles. The topological polar surface area (TPSA) is 98.7 Å². The summed E-state index contributed by atoms with van der Waals surface area (Å²) in [4.78, 5) is 12.0. The number of nitrogens with one attached hydrogen (secondary N) is 1. The van der Waals surface area contributed by atoms with Crippen LogP contribution in [0.5, 0.6) is 0 Å². The first-order chi connectivity index (χ1) is 9.97. The molecule has 2 aromatic rings. The van der Waals surface area contributed by atoms with Crippen LogP contribution in [0.4, 0.5) is 5.69 Å². The molecule has 112 valence electrons. The molecule has 1 aromatic heterocycles. The zero-order chi connectivity index (χ0) is 15.4. The van der Waals surface area contributed by atoms with Crippen LogP contribution >= 0.6 is 0 Å². The number of carbonyl (C=O) groups is 1. The molecule has 0 radical (unpaired) electrons. The summed E-state index contributed by atoms with van der Waals surface area (Å²) in [5, 5.41) is 14.2. The van der Waals surface area contributed by atoms with Gasteiger partial charge in [-0.1, -0.05) is 26.0 Å². The van der Waals surface area contributed by atoms with E-state index in [1.807, 2.05) is 38.1 Å². The number of anilines is 1. The summed E-state index contributed by atoms with van der Waals surface area (Å²) in [5.41, 5.74) is 7.39. The van der Waals surface area contributed by atoms with Gasteiger partial charge in [-0.3, -0.25) is 4.79 Å². The van der Waals surface area contributed by atoms with Gasteiger partial charge in [0, 0.05) is 18.3 Å². The molecule has 0 fully saturated rings. The number of rotatable bonds is 5. The first-order valence-electron chi connectivity index (χ1n) is 6.86. The zero-order valence-electron chi connectivity index (χ0n) is 12.4. The van der Waals surface area contributed by atoms with Crippen LogP contribution in [-0.2, 0) is 11.8 Å². The molecular formula is C14H20N6O. The van der Waals surface area contributed by atoms with Gasteiger partial charge >= 0.3 is 0 Å². The summed E-state index contributed by atoms with van der Waals surface area (Å²) in [6, 6.07) is 6.85. The normalized spacial score (nSPS) is 12.4. The lowest BCUT2D eigenvalue weighted by Gasteiger charge is -2.14. The van der Waals surface area contributed by atoms with E-state index in [0.29, 0.717) is 23.9 Å². The number of hydrogen-bond acceptors (Lipinski definition) is 5. The Kier molecular flexibility index (Phi) is 4.64. The quantitative estimate of drug-likeness (QED) is 0.861. The fourth-order valence-electron chi connectivity index (χ4n) is 2.06. The molecule has 1 aromatic carbocycles. The third kappa shape index (κ3) is 3.85. The Morgan fingerprint density at radius 1 is 1.43 bits per heavy atom. The van der Waals surface area contributed by atoms with Gasteiger partial charge in [0.2, 0.25) is 5.91 Å². The van der Waals surface area contributed by atoms with Gasteiger partial charge in [-0.05, 0) is 34.9 Å². The molecule has 0 spiro atoms. The molecular weight excluding hydrogens is 268 g/mol. The van der Waals surface area contributed by atoms with Crippen LogP contribution < -0.4 is 11.1 Å². The van der Waals surface area contributed by atoms with Crippen molar-refractivity contribution in [3.8, 4) is 11.4 Å². The van der Waals surface area contributed by atoms with Crippen molar-refractivity contribution in [1.29, 1.82) is 0 Å². The van der Waals surface area contributed by atoms with Crippen molar-refractivity contribution in [2.45, 2.75) is 26.3 Å². The minimum absolute atomic E-state index is 0.183. The second kappa shape index (κ2) is 6.45. The lowest BCUT2D eigenvalue weighted by molar-refractivity contribution is -0.117. The average Bonchev–Trinajstić information content (AvgIpc) is 2.84. The molecule has 0 aliphatic rings. The van der Waals surface area contributed by atoms with Crippen LogP contribution in [0.2, 0.25) is 0 Å². The standard InChI is InChI=1S/C14H20N6O/c1-9(2)7-12(15)14(21)16-11-6-4-5-10(8-11)13-17-18-19-20(13)3/h4-6,8-9,12H,7,15H2,1-3H3,(H,16,21)/t12-/m1/s1. The number of aromatic nitrogens is 4. The van der Waals surface area contributed by atoms with Crippen LogP contribution in [0.3, 0.4) is 0 Å². The largest absolute Gasteiger partial charge is 0.325 e. The van der Waals surface area contributed by atoms with Gasteiger partial charge in [-0.25, -0.2) is 4.68 Å². The smallest absolute Gasteiger partial charge is 0.241 e. The SMILES string of the molecule is CC(C)C[C@@H](N)C(=O)Nc1cccc(-c2nnnn2C)c1. The summed E-state index contributed by atoms with van der Waals surface area (Å²) in [6.07, 6.45) is 0.652. The molecule has 0 saturated heterocycles. The lowest BCUT2D eigenvalue weighted by Crippen LogP contribution is -2.36. The predicted molar refractivity (Wildman–Crippen MR) is 80.3 cm³/mol. The van der Waals surface area contributed by atoms with Gasteiger partial charge in [0.05, 0.1) is 6.04 Å². The monoisotopic (exact) mass is 288 g/mol. The van der Waals surface area contributed by atoms with Crippen LogP contribution in [0.15, 0.2) is 24.3 Å². The van der Waals surface area contributed by atoms with E-state index in [2.05, 4.69) is 20.8 Å². The number of amides is 1. The van der Waals surface area contributed by atoms with Crippen molar-refractivity contribution in [3.05, 3.63) is 24.3 Å². The zero-order valence-corrected chi connectivity index (χ0v) is 12.4. The molecule has 1 amide bonds. The molecule has 3 N–H and O–H groups in total. The molecule has 0 unspecified atom stereocenters. The van der Waals surface area contributed by atoms with E-state index in [9.17, 15) is 4.79 Å². The number of aryl methyl sites for hydroxylation is 1. The number of nitrogens with two attached hydrogens (primary N) is 1. The Balaban J connectivity index is 2.12. The van der Waals surface area contributed by atoms with E-state index in [0.717, 1.165) is 5.56 Å². The van der Waals surface area contributed by atoms with Crippen molar-refractivity contribution in [2.75, 3.05) is 5.32 Å². The number of benzene rings is 1. The minimum atomic E-state index is -0.509. The Hall–Kier alpha value is -2.28. The summed E-state index contributed by atoms with van der Waals surface area (Å²) in [7, 11) is 1.76. The van der Waals surface area contributed by atoms with Crippen molar-refractivity contribution >= 4 is 11.6 Å². The minimum Gasteiger partial charge on any atom is -0.325 e. The molecule has 0 bridgehead atoms. The highest BCUT2D eigenvalue weighted by Gasteiger charge is 2.15. The van der Waals surface area contributed by atoms with Gasteiger partial charge in [-0.15, -0.1) is 5.10 Å². The Labute approximate surface area is 123 Å². The van der Waals surface area contributed by atoms with E-state index in [4.69, 9.17) is 5.73 Å². The first kappa shape index (κ1) is 15.1. The first-order valence-corrected chi connectivity index (χ1v) is 6.86. The van der Waals surface area contributed by atoms with E-state index < -0.39 is 6.04 Å². The van der Waals surface area contributed by atoms with Crippen LogP contribution in [-0.4, -0.2) is 32.2 Å². The van der Waals surface area contributed by atoms with E-state index in [1.54, 1.807) is 11.7 Å². The highest BCUT2D eigenvalue weighted by Crippen LogP contribution is 2.19. The van der Waals surface area contributed by atoms with Crippen molar-refractivity contribution < 1.29 is 4.79 Å². The molecule has 2 rings (SSSR count). The fraction of sp³-hybridized carbons (Fsp3) is 0.429. The predicted octanol–water partition coefficient (Wildman–Crippen LogP) is 1.19. The maximum atomic E-state index is 12.0. The highest BCUT2D eigenvalue weighted by atomic mass is 16.2. The summed E-state index contributed by atoms with van der Waals surface area (Å²) in [5.74, 6) is 0.830. The fourth-order valence-corrected chi connectivity index (χ4v) is 2.06. The van der Waals surface area contributed by atoms with Crippen molar-refractivity contribution in [3.63, 3.8) is 0 Å². The second-order valence-electron chi connectivity index (χ2n) is 5.43. The molecule has 7 nitrogen and oxygen atoms in total. The molecule has 0 saturated carbocycles. The molecule has 1 heterocycles. The average molecular weight is 288 g/mol. The molecule has 1 atom stereocenters. The van der Waals surface area contributed by atoms with Gasteiger partial charge < -0.3 is 11.1 Å². The Morgan fingerprint density at radius 3 is 2.81 bits per heavy atom. The van der Waals surface area contributed by atoms with Gasteiger partial charge in [0.15, 0.2) is 5.82 Å². The van der Waals surface area contributed by atoms with E-state index in [1.165, 1.54) is 0 Å². The number of carbonyl (C=O) groups excluding carboxylic acids is 1. The van der Waals surface area contributed by atoms with Crippen molar-refractivity contribution in [1.82, 2.24) is 20.2 Å². The maximum Gasteiger partial charge on any atom is 0.241 e.